The minimum atomic E-state index is -0.207. The van der Waals surface area contributed by atoms with Gasteiger partial charge in [0.15, 0.2) is 5.82 Å². The molecule has 0 fully saturated rings. The number of nitrogens with zero attached hydrogens (tertiary/aromatic N) is 3. The van der Waals surface area contributed by atoms with Crippen LogP contribution in [-0.4, -0.2) is 15.7 Å². The molecule has 0 bridgehead atoms. The van der Waals surface area contributed by atoms with Gasteiger partial charge in [-0.3, -0.25) is 5.10 Å². The standard InChI is InChI=1S/C8H12N4O/c1-8(2)4-3-6-5-9-10-7(6)12(8)11-13/h5H,3-4H2,1-2H3,(H,9,10). The van der Waals surface area contributed by atoms with Crippen LogP contribution in [0.5, 0.6) is 0 Å². The lowest BCUT2D eigenvalue weighted by Crippen LogP contribution is -2.43. The molecule has 70 valence electrons. The lowest BCUT2D eigenvalue weighted by molar-refractivity contribution is 0.411. The third-order valence-electron chi connectivity index (χ3n) is 2.57. The zero-order valence-corrected chi connectivity index (χ0v) is 7.74. The molecule has 0 spiro atoms. The fraction of sp³-hybridized carbons (Fsp3) is 0.625. The summed E-state index contributed by atoms with van der Waals surface area (Å²) >= 11 is 0. The third kappa shape index (κ3) is 1.11. The summed E-state index contributed by atoms with van der Waals surface area (Å²) < 4.78 is 0. The molecule has 1 aromatic rings. The largest absolute Gasteiger partial charge is 0.261 e. The Balaban J connectivity index is 2.46. The van der Waals surface area contributed by atoms with E-state index in [0.717, 1.165) is 24.2 Å². The van der Waals surface area contributed by atoms with Crippen LogP contribution in [0.1, 0.15) is 25.8 Å². The highest BCUT2D eigenvalue weighted by Crippen LogP contribution is 2.34. The first-order valence-corrected chi connectivity index (χ1v) is 4.31. The van der Waals surface area contributed by atoms with Crippen molar-refractivity contribution >= 4 is 5.82 Å². The van der Waals surface area contributed by atoms with Crippen LogP contribution in [0.3, 0.4) is 0 Å². The topological polar surface area (TPSA) is 61.4 Å². The first kappa shape index (κ1) is 8.22. The maximum atomic E-state index is 10.7. The Morgan fingerprint density at radius 2 is 2.46 bits per heavy atom. The Kier molecular flexibility index (Phi) is 1.61. The first-order valence-electron chi connectivity index (χ1n) is 4.31. The number of fused-ring (bicyclic) bond motifs is 1. The predicted molar refractivity (Wildman–Crippen MR) is 49.3 cm³/mol. The number of nitrogens with one attached hydrogen (secondary N) is 1. The van der Waals surface area contributed by atoms with E-state index < -0.39 is 0 Å². The van der Waals surface area contributed by atoms with Crippen molar-refractivity contribution in [2.45, 2.75) is 32.2 Å². The summed E-state index contributed by atoms with van der Waals surface area (Å²) in [6.45, 7) is 4.00. The van der Waals surface area contributed by atoms with Gasteiger partial charge >= 0.3 is 0 Å². The van der Waals surface area contributed by atoms with Crippen molar-refractivity contribution < 1.29 is 0 Å². The summed E-state index contributed by atoms with van der Waals surface area (Å²) in [5.74, 6) is 0.742. The number of nitroso groups, excluding NO2 is 1. The molecule has 0 unspecified atom stereocenters. The van der Waals surface area contributed by atoms with Crippen molar-refractivity contribution in [2.24, 2.45) is 5.29 Å². The second-order valence-electron chi connectivity index (χ2n) is 3.95. The molecule has 5 nitrogen and oxygen atoms in total. The number of hydrogen-bond acceptors (Lipinski definition) is 3. The fourth-order valence-electron chi connectivity index (χ4n) is 1.67. The SMILES string of the molecule is CC1(C)CCc2cn[nH]c2N1N=O. The second kappa shape index (κ2) is 2.55. The van der Waals surface area contributed by atoms with Gasteiger partial charge in [0.25, 0.3) is 0 Å². The summed E-state index contributed by atoms with van der Waals surface area (Å²) in [4.78, 5) is 10.7. The normalized spacial score (nSPS) is 19.7. The van der Waals surface area contributed by atoms with Crippen molar-refractivity contribution in [1.29, 1.82) is 0 Å². The van der Waals surface area contributed by atoms with E-state index in [1.807, 2.05) is 13.8 Å². The fourth-order valence-corrected chi connectivity index (χ4v) is 1.67. The van der Waals surface area contributed by atoms with E-state index in [1.54, 1.807) is 6.20 Å². The van der Waals surface area contributed by atoms with Crippen LogP contribution in [0.4, 0.5) is 5.82 Å². The van der Waals surface area contributed by atoms with E-state index in [0.29, 0.717) is 0 Å². The molecule has 2 rings (SSSR count). The molecule has 0 atom stereocenters. The molecular weight excluding hydrogens is 168 g/mol. The van der Waals surface area contributed by atoms with E-state index in [-0.39, 0.29) is 5.54 Å². The zero-order chi connectivity index (χ0) is 9.47. The number of H-pyrrole nitrogens is 1. The highest BCUT2D eigenvalue weighted by atomic mass is 16.3. The Hall–Kier alpha value is -1.39. The molecule has 1 N–H and O–H groups in total. The Labute approximate surface area is 76.1 Å². The van der Waals surface area contributed by atoms with Gasteiger partial charge in [-0.05, 0) is 26.7 Å². The number of aryl methyl sites for hydroxylation is 1. The van der Waals surface area contributed by atoms with Gasteiger partial charge in [-0.1, -0.05) is 0 Å². The highest BCUT2D eigenvalue weighted by molar-refractivity contribution is 5.49. The molecule has 0 radical (unpaired) electrons. The van der Waals surface area contributed by atoms with Crippen LogP contribution in [0.2, 0.25) is 0 Å². The molecule has 0 saturated carbocycles. The van der Waals surface area contributed by atoms with E-state index in [9.17, 15) is 4.91 Å². The molecule has 5 heteroatoms. The molecule has 1 aliphatic rings. The summed E-state index contributed by atoms with van der Waals surface area (Å²) in [7, 11) is 0. The van der Waals surface area contributed by atoms with Gasteiger partial charge in [0, 0.05) is 5.56 Å². The predicted octanol–water partition coefficient (Wildman–Crippen LogP) is 1.62. The summed E-state index contributed by atoms with van der Waals surface area (Å²) in [5.41, 5.74) is 0.861. The average molecular weight is 180 g/mol. The summed E-state index contributed by atoms with van der Waals surface area (Å²) in [6, 6.07) is 0. The number of rotatable bonds is 1. The first-order chi connectivity index (χ1) is 6.15. The van der Waals surface area contributed by atoms with Gasteiger partial charge in [0.2, 0.25) is 0 Å². The molecule has 13 heavy (non-hydrogen) atoms. The van der Waals surface area contributed by atoms with Crippen LogP contribution in [0.15, 0.2) is 11.5 Å². The number of aromatic amines is 1. The lowest BCUT2D eigenvalue weighted by Gasteiger charge is -2.36. The minimum absolute atomic E-state index is 0.207. The van der Waals surface area contributed by atoms with Gasteiger partial charge in [-0.25, -0.2) is 5.01 Å². The smallest absolute Gasteiger partial charge is 0.151 e. The Bertz CT molecular complexity index is 331. The van der Waals surface area contributed by atoms with E-state index in [1.165, 1.54) is 5.01 Å². The molecule has 0 amide bonds. The summed E-state index contributed by atoms with van der Waals surface area (Å²) in [6.07, 6.45) is 3.62. The molecule has 0 aliphatic carbocycles. The maximum absolute atomic E-state index is 10.7. The highest BCUT2D eigenvalue weighted by Gasteiger charge is 2.35. The van der Waals surface area contributed by atoms with Crippen LogP contribution < -0.4 is 5.01 Å². The number of hydrogen-bond donors (Lipinski definition) is 1. The van der Waals surface area contributed by atoms with Crippen molar-refractivity contribution in [3.8, 4) is 0 Å². The molecule has 0 aromatic carbocycles. The van der Waals surface area contributed by atoms with E-state index in [2.05, 4.69) is 15.5 Å². The van der Waals surface area contributed by atoms with Crippen molar-refractivity contribution in [2.75, 3.05) is 5.01 Å². The van der Waals surface area contributed by atoms with Crippen molar-refractivity contribution in [3.05, 3.63) is 16.7 Å². The molecule has 1 aliphatic heterocycles. The summed E-state index contributed by atoms with van der Waals surface area (Å²) in [5, 5.41) is 11.2. The minimum Gasteiger partial charge on any atom is -0.261 e. The third-order valence-corrected chi connectivity index (χ3v) is 2.57. The van der Waals surface area contributed by atoms with Gasteiger partial charge in [-0.2, -0.15) is 5.10 Å². The van der Waals surface area contributed by atoms with Gasteiger partial charge in [0.1, 0.15) is 0 Å². The molecular formula is C8H12N4O. The molecule has 0 saturated heterocycles. The zero-order valence-electron chi connectivity index (χ0n) is 7.74. The van der Waals surface area contributed by atoms with Crippen LogP contribution in [-0.2, 0) is 6.42 Å². The Morgan fingerprint density at radius 1 is 1.69 bits per heavy atom. The van der Waals surface area contributed by atoms with Gasteiger partial charge < -0.3 is 0 Å². The van der Waals surface area contributed by atoms with Gasteiger partial charge in [0.05, 0.1) is 17.0 Å². The van der Waals surface area contributed by atoms with Crippen LogP contribution in [0, 0.1) is 4.91 Å². The lowest BCUT2D eigenvalue weighted by atomic mass is 9.91. The number of anilines is 1. The molecule has 1 aromatic heterocycles. The van der Waals surface area contributed by atoms with Crippen LogP contribution >= 0.6 is 0 Å². The van der Waals surface area contributed by atoms with Crippen LogP contribution in [0.25, 0.3) is 0 Å². The monoisotopic (exact) mass is 180 g/mol. The van der Waals surface area contributed by atoms with Gasteiger partial charge in [-0.15, -0.1) is 4.91 Å². The molecule has 2 heterocycles. The van der Waals surface area contributed by atoms with Crippen molar-refractivity contribution in [3.63, 3.8) is 0 Å². The maximum Gasteiger partial charge on any atom is 0.151 e. The van der Waals surface area contributed by atoms with E-state index >= 15 is 0 Å². The number of aromatic nitrogens is 2. The Morgan fingerprint density at radius 3 is 3.15 bits per heavy atom. The average Bonchev–Trinajstić information content (AvgIpc) is 2.50. The second-order valence-corrected chi connectivity index (χ2v) is 3.95. The van der Waals surface area contributed by atoms with E-state index in [4.69, 9.17) is 0 Å². The van der Waals surface area contributed by atoms with Crippen molar-refractivity contribution in [1.82, 2.24) is 10.2 Å². The quantitative estimate of drug-likeness (QED) is 0.668.